The second-order valence-corrected chi connectivity index (χ2v) is 5.82. The van der Waals surface area contributed by atoms with Crippen LogP contribution in [0.2, 0.25) is 5.15 Å². The molecule has 1 aromatic heterocycles. The summed E-state index contributed by atoms with van der Waals surface area (Å²) in [7, 11) is 0. The second kappa shape index (κ2) is 6.11. The number of nitrogens with two attached hydrogens (primary N) is 1. The molecule has 1 rings (SSSR count). The molecule has 0 aromatic carbocycles. The van der Waals surface area contributed by atoms with E-state index in [0.29, 0.717) is 12.4 Å². The Morgan fingerprint density at radius 1 is 1.44 bits per heavy atom. The van der Waals surface area contributed by atoms with E-state index >= 15 is 0 Å². The van der Waals surface area contributed by atoms with Gasteiger partial charge in [0.2, 0.25) is 5.91 Å². The molecule has 100 valence electrons. The van der Waals surface area contributed by atoms with Gasteiger partial charge in [0.25, 0.3) is 0 Å². The predicted molar refractivity (Wildman–Crippen MR) is 72.3 cm³/mol. The number of halogens is 1. The maximum atomic E-state index is 12.0. The highest BCUT2D eigenvalue weighted by atomic mass is 35.5. The van der Waals surface area contributed by atoms with Gasteiger partial charge in [0, 0.05) is 6.54 Å². The summed E-state index contributed by atoms with van der Waals surface area (Å²) in [5.41, 5.74) is 5.69. The number of aromatic nitrogens is 2. The molecule has 1 heterocycles. The topological polar surface area (TPSA) is 80.9 Å². The van der Waals surface area contributed by atoms with Gasteiger partial charge in [-0.1, -0.05) is 32.4 Å². The largest absolute Gasteiger partial charge is 0.330 e. The number of anilines is 1. The van der Waals surface area contributed by atoms with Gasteiger partial charge in [-0.25, -0.2) is 0 Å². The molecule has 1 atom stereocenters. The van der Waals surface area contributed by atoms with Gasteiger partial charge in [0.05, 0.1) is 5.92 Å². The van der Waals surface area contributed by atoms with Crippen LogP contribution in [0.25, 0.3) is 0 Å². The standard InChI is InChI=1S/C12H19ClN4O/c1-12(2,3)6-8(7-14)11(18)15-10-5-4-9(13)16-17-10/h4-5,8H,6-7,14H2,1-3H3,(H,15,17,18). The predicted octanol–water partition coefficient (Wildman–Crippen LogP) is 2.08. The van der Waals surface area contributed by atoms with E-state index in [-0.39, 0.29) is 22.4 Å². The van der Waals surface area contributed by atoms with Gasteiger partial charge < -0.3 is 11.1 Å². The average Bonchev–Trinajstić information content (AvgIpc) is 2.27. The first kappa shape index (κ1) is 14.9. The zero-order chi connectivity index (χ0) is 13.8. The monoisotopic (exact) mass is 270 g/mol. The molecule has 0 bridgehead atoms. The van der Waals surface area contributed by atoms with E-state index in [9.17, 15) is 4.79 Å². The Hall–Kier alpha value is -1.20. The number of hydrogen-bond donors (Lipinski definition) is 2. The Balaban J connectivity index is 2.65. The number of carbonyl (C=O) groups is 1. The van der Waals surface area contributed by atoms with E-state index in [1.54, 1.807) is 12.1 Å². The Morgan fingerprint density at radius 2 is 2.11 bits per heavy atom. The maximum Gasteiger partial charge on any atom is 0.229 e. The van der Waals surface area contributed by atoms with Crippen LogP contribution in [-0.2, 0) is 4.79 Å². The summed E-state index contributed by atoms with van der Waals surface area (Å²) in [5.74, 6) is 0.0169. The summed E-state index contributed by atoms with van der Waals surface area (Å²) >= 11 is 5.62. The molecule has 0 saturated heterocycles. The minimum atomic E-state index is -0.234. The summed E-state index contributed by atoms with van der Waals surface area (Å²) in [6, 6.07) is 3.18. The lowest BCUT2D eigenvalue weighted by atomic mass is 9.84. The van der Waals surface area contributed by atoms with Crippen molar-refractivity contribution in [2.24, 2.45) is 17.1 Å². The second-order valence-electron chi connectivity index (χ2n) is 5.43. The average molecular weight is 271 g/mol. The van der Waals surface area contributed by atoms with Crippen LogP contribution in [0.4, 0.5) is 5.82 Å². The Morgan fingerprint density at radius 3 is 2.56 bits per heavy atom. The third kappa shape index (κ3) is 4.98. The number of hydrogen-bond acceptors (Lipinski definition) is 4. The lowest BCUT2D eigenvalue weighted by Gasteiger charge is -2.24. The van der Waals surface area contributed by atoms with Crippen molar-refractivity contribution in [3.63, 3.8) is 0 Å². The SMILES string of the molecule is CC(C)(C)CC(CN)C(=O)Nc1ccc(Cl)nn1. The van der Waals surface area contributed by atoms with Crippen molar-refractivity contribution in [3.8, 4) is 0 Å². The van der Waals surface area contributed by atoms with Crippen LogP contribution in [0.1, 0.15) is 27.2 Å². The summed E-state index contributed by atoms with van der Waals surface area (Å²) in [6.45, 7) is 6.53. The summed E-state index contributed by atoms with van der Waals surface area (Å²) in [5, 5.41) is 10.4. The van der Waals surface area contributed by atoms with Crippen molar-refractivity contribution < 1.29 is 4.79 Å². The molecule has 0 saturated carbocycles. The van der Waals surface area contributed by atoms with Gasteiger partial charge in [0.1, 0.15) is 0 Å². The van der Waals surface area contributed by atoms with Gasteiger partial charge in [0.15, 0.2) is 11.0 Å². The van der Waals surface area contributed by atoms with E-state index in [4.69, 9.17) is 17.3 Å². The lowest BCUT2D eigenvalue weighted by molar-refractivity contribution is -0.120. The van der Waals surface area contributed by atoms with Crippen LogP contribution >= 0.6 is 11.6 Å². The molecular formula is C12H19ClN4O. The molecule has 0 fully saturated rings. The van der Waals surface area contributed by atoms with Gasteiger partial charge in [-0.15, -0.1) is 10.2 Å². The number of nitrogens with zero attached hydrogens (tertiary/aromatic N) is 2. The zero-order valence-corrected chi connectivity index (χ0v) is 11.7. The number of carbonyl (C=O) groups excluding carboxylic acids is 1. The van der Waals surface area contributed by atoms with E-state index in [1.807, 2.05) is 0 Å². The Kier molecular flexibility index (Phi) is 5.04. The van der Waals surface area contributed by atoms with E-state index < -0.39 is 0 Å². The number of nitrogens with one attached hydrogen (secondary N) is 1. The first-order chi connectivity index (χ1) is 8.31. The fraction of sp³-hybridized carbons (Fsp3) is 0.583. The van der Waals surface area contributed by atoms with Crippen LogP contribution in [0.5, 0.6) is 0 Å². The van der Waals surface area contributed by atoms with Crippen molar-refractivity contribution in [2.75, 3.05) is 11.9 Å². The molecule has 0 aliphatic rings. The quantitative estimate of drug-likeness (QED) is 0.878. The van der Waals surface area contributed by atoms with Crippen molar-refractivity contribution in [3.05, 3.63) is 17.3 Å². The van der Waals surface area contributed by atoms with Crippen molar-refractivity contribution in [2.45, 2.75) is 27.2 Å². The molecule has 18 heavy (non-hydrogen) atoms. The first-order valence-electron chi connectivity index (χ1n) is 5.82. The van der Waals surface area contributed by atoms with Gasteiger partial charge in [-0.3, -0.25) is 4.79 Å². The molecule has 0 aliphatic carbocycles. The molecule has 0 aliphatic heterocycles. The molecule has 0 radical (unpaired) electrons. The highest BCUT2D eigenvalue weighted by molar-refractivity contribution is 6.29. The fourth-order valence-corrected chi connectivity index (χ4v) is 1.73. The fourth-order valence-electron chi connectivity index (χ4n) is 1.63. The third-order valence-corrected chi connectivity index (χ3v) is 2.60. The molecule has 5 nitrogen and oxygen atoms in total. The Bertz CT molecular complexity index is 400. The van der Waals surface area contributed by atoms with Crippen molar-refractivity contribution in [1.29, 1.82) is 0 Å². The first-order valence-corrected chi connectivity index (χ1v) is 6.20. The van der Waals surface area contributed by atoms with Crippen molar-refractivity contribution >= 4 is 23.3 Å². The molecule has 6 heteroatoms. The van der Waals surface area contributed by atoms with Crippen LogP contribution in [0, 0.1) is 11.3 Å². The summed E-state index contributed by atoms with van der Waals surface area (Å²) in [6.07, 6.45) is 0.719. The molecule has 1 unspecified atom stereocenters. The third-order valence-electron chi connectivity index (χ3n) is 2.40. The van der Waals surface area contributed by atoms with Crippen LogP contribution in [0.15, 0.2) is 12.1 Å². The number of rotatable bonds is 4. The van der Waals surface area contributed by atoms with Crippen LogP contribution < -0.4 is 11.1 Å². The van der Waals surface area contributed by atoms with E-state index in [0.717, 1.165) is 6.42 Å². The summed E-state index contributed by atoms with van der Waals surface area (Å²) < 4.78 is 0. The number of amides is 1. The molecule has 1 amide bonds. The molecule has 0 spiro atoms. The minimum Gasteiger partial charge on any atom is -0.330 e. The normalized spacial score (nSPS) is 13.2. The van der Waals surface area contributed by atoms with Crippen LogP contribution in [0.3, 0.4) is 0 Å². The van der Waals surface area contributed by atoms with Gasteiger partial charge >= 0.3 is 0 Å². The van der Waals surface area contributed by atoms with E-state index in [1.165, 1.54) is 0 Å². The lowest BCUT2D eigenvalue weighted by Crippen LogP contribution is -2.32. The zero-order valence-electron chi connectivity index (χ0n) is 10.9. The highest BCUT2D eigenvalue weighted by Crippen LogP contribution is 2.24. The van der Waals surface area contributed by atoms with Crippen molar-refractivity contribution in [1.82, 2.24) is 10.2 Å². The maximum absolute atomic E-state index is 12.0. The summed E-state index contributed by atoms with van der Waals surface area (Å²) in [4.78, 5) is 12.0. The highest BCUT2D eigenvalue weighted by Gasteiger charge is 2.24. The minimum absolute atomic E-state index is 0.0487. The van der Waals surface area contributed by atoms with Crippen LogP contribution in [-0.4, -0.2) is 22.6 Å². The molecular weight excluding hydrogens is 252 g/mol. The molecule has 3 N–H and O–H groups in total. The molecule has 1 aromatic rings. The van der Waals surface area contributed by atoms with E-state index in [2.05, 4.69) is 36.3 Å². The van der Waals surface area contributed by atoms with Gasteiger partial charge in [-0.2, -0.15) is 0 Å². The Labute approximate surface area is 112 Å². The van der Waals surface area contributed by atoms with Gasteiger partial charge in [-0.05, 0) is 24.0 Å². The smallest absolute Gasteiger partial charge is 0.229 e.